The predicted molar refractivity (Wildman–Crippen MR) is 100 cm³/mol. The number of aliphatic hydroxyl groups is 1. The summed E-state index contributed by atoms with van der Waals surface area (Å²) in [6, 6.07) is 8.43. The minimum atomic E-state index is -1.78. The highest BCUT2D eigenvalue weighted by molar-refractivity contribution is 6.74. The number of hydrogen-bond acceptors (Lipinski definition) is 2. The van der Waals surface area contributed by atoms with Gasteiger partial charge >= 0.3 is 0 Å². The van der Waals surface area contributed by atoms with Gasteiger partial charge in [0.15, 0.2) is 8.32 Å². The van der Waals surface area contributed by atoms with Crippen LogP contribution in [0.4, 0.5) is 0 Å². The zero-order chi connectivity index (χ0) is 17.3. The fraction of sp³-hybridized carbons (Fsp3) is 0.579. The molecule has 2 rings (SSSR count). The number of aliphatic hydroxyl groups excluding tert-OH is 1. The normalized spacial score (nSPS) is 14.4. The van der Waals surface area contributed by atoms with Crippen LogP contribution in [-0.2, 0) is 11.0 Å². The van der Waals surface area contributed by atoms with E-state index in [0.717, 1.165) is 6.54 Å². The van der Waals surface area contributed by atoms with Gasteiger partial charge in [-0.15, -0.1) is 0 Å². The highest BCUT2D eigenvalue weighted by Crippen LogP contribution is 2.36. The van der Waals surface area contributed by atoms with E-state index in [9.17, 15) is 5.11 Å². The van der Waals surface area contributed by atoms with E-state index in [2.05, 4.69) is 75.8 Å². The Morgan fingerprint density at radius 2 is 1.87 bits per heavy atom. The molecule has 0 spiro atoms. The topological polar surface area (TPSA) is 34.4 Å². The van der Waals surface area contributed by atoms with E-state index in [0.29, 0.717) is 13.0 Å². The Labute approximate surface area is 141 Å². The van der Waals surface area contributed by atoms with Crippen molar-refractivity contribution in [2.75, 3.05) is 6.61 Å². The molecule has 128 valence electrons. The van der Waals surface area contributed by atoms with Gasteiger partial charge in [-0.2, -0.15) is 0 Å². The lowest BCUT2D eigenvalue weighted by atomic mass is 10.2. The lowest BCUT2D eigenvalue weighted by molar-refractivity contribution is 0.0895. The monoisotopic (exact) mass is 333 g/mol. The molecule has 1 aromatic carbocycles. The van der Waals surface area contributed by atoms with Crippen LogP contribution >= 0.6 is 0 Å². The number of hydrogen-bond donors (Lipinski definition) is 1. The van der Waals surface area contributed by atoms with Gasteiger partial charge in [-0.05, 0) is 43.1 Å². The molecule has 1 heterocycles. The third-order valence-corrected chi connectivity index (χ3v) is 9.63. The van der Waals surface area contributed by atoms with Gasteiger partial charge in [-0.1, -0.05) is 39.0 Å². The van der Waals surface area contributed by atoms with Crippen molar-refractivity contribution in [3.8, 4) is 0 Å². The second-order valence-electron chi connectivity index (χ2n) is 8.04. The summed E-state index contributed by atoms with van der Waals surface area (Å²) >= 11 is 0. The molecular formula is C19H31NO2Si. The lowest BCUT2D eigenvalue weighted by Crippen LogP contribution is -2.42. The molecule has 0 saturated carbocycles. The molecule has 0 bridgehead atoms. The second kappa shape index (κ2) is 6.79. The summed E-state index contributed by atoms with van der Waals surface area (Å²) < 4.78 is 8.35. The molecule has 3 nitrogen and oxygen atoms in total. The van der Waals surface area contributed by atoms with Crippen LogP contribution in [0.2, 0.25) is 18.1 Å². The van der Waals surface area contributed by atoms with Crippen LogP contribution < -0.4 is 0 Å². The van der Waals surface area contributed by atoms with Gasteiger partial charge in [-0.3, -0.25) is 0 Å². The molecular weight excluding hydrogens is 302 g/mol. The molecule has 0 radical (unpaired) electrons. The Balaban J connectivity index is 1.93. The summed E-state index contributed by atoms with van der Waals surface area (Å²) in [5.74, 6) is 0. The summed E-state index contributed by atoms with van der Waals surface area (Å²) in [4.78, 5) is 0. The molecule has 0 aliphatic rings. The van der Waals surface area contributed by atoms with Crippen molar-refractivity contribution >= 4 is 19.2 Å². The van der Waals surface area contributed by atoms with Crippen LogP contribution in [-0.4, -0.2) is 30.7 Å². The molecule has 0 fully saturated rings. The summed E-state index contributed by atoms with van der Waals surface area (Å²) in [7, 11) is -1.78. The smallest absolute Gasteiger partial charge is 0.192 e. The molecule has 1 N–H and O–H groups in total. The quantitative estimate of drug-likeness (QED) is 0.776. The van der Waals surface area contributed by atoms with E-state index in [1.807, 2.05) is 0 Å². The van der Waals surface area contributed by atoms with Crippen molar-refractivity contribution in [2.24, 2.45) is 0 Å². The molecule has 1 aromatic heterocycles. The van der Waals surface area contributed by atoms with E-state index >= 15 is 0 Å². The molecule has 1 atom stereocenters. The minimum absolute atomic E-state index is 0.181. The minimum Gasteiger partial charge on any atom is -0.414 e. The Kier molecular flexibility index (Phi) is 5.39. The number of para-hydroxylation sites is 1. The van der Waals surface area contributed by atoms with Gasteiger partial charge < -0.3 is 14.1 Å². The SMILES string of the molecule is Cc1cn(CC[C@H](O)CO[Si](C)(C)C(C)(C)C)c2ccccc12. The Hall–Kier alpha value is -1.10. The van der Waals surface area contributed by atoms with E-state index in [-0.39, 0.29) is 5.04 Å². The Morgan fingerprint density at radius 3 is 2.52 bits per heavy atom. The van der Waals surface area contributed by atoms with E-state index in [4.69, 9.17) is 4.43 Å². The number of fused-ring (bicyclic) bond motifs is 1. The van der Waals surface area contributed by atoms with Crippen LogP contribution in [0.25, 0.3) is 10.9 Å². The summed E-state index contributed by atoms with van der Waals surface area (Å²) in [5.41, 5.74) is 2.52. The fourth-order valence-electron chi connectivity index (χ4n) is 2.51. The third-order valence-electron chi connectivity index (χ3n) is 5.13. The van der Waals surface area contributed by atoms with E-state index < -0.39 is 14.4 Å². The van der Waals surface area contributed by atoms with Gasteiger partial charge in [-0.25, -0.2) is 0 Å². The van der Waals surface area contributed by atoms with Crippen molar-refractivity contribution < 1.29 is 9.53 Å². The first-order valence-electron chi connectivity index (χ1n) is 8.48. The molecule has 2 aromatic rings. The highest BCUT2D eigenvalue weighted by Gasteiger charge is 2.37. The first-order valence-corrected chi connectivity index (χ1v) is 11.4. The molecule has 0 amide bonds. The zero-order valence-corrected chi connectivity index (χ0v) is 16.4. The molecule has 0 aliphatic carbocycles. The summed E-state index contributed by atoms with van der Waals surface area (Å²) in [5, 5.41) is 11.8. The summed E-state index contributed by atoms with van der Waals surface area (Å²) in [6.45, 7) is 14.5. The van der Waals surface area contributed by atoms with Gasteiger partial charge in [0.05, 0.1) is 12.7 Å². The van der Waals surface area contributed by atoms with E-state index in [1.165, 1.54) is 16.5 Å². The van der Waals surface area contributed by atoms with Gasteiger partial charge in [0.1, 0.15) is 0 Å². The van der Waals surface area contributed by atoms with Crippen LogP contribution in [0.3, 0.4) is 0 Å². The molecule has 0 aliphatic heterocycles. The standard InChI is InChI=1S/C19H31NO2Si/c1-15-13-20(18-10-8-7-9-17(15)18)12-11-16(21)14-22-23(5,6)19(2,3)4/h7-10,13,16,21H,11-12,14H2,1-6H3/t16-/m0/s1. The van der Waals surface area contributed by atoms with Crippen molar-refractivity contribution in [3.63, 3.8) is 0 Å². The van der Waals surface area contributed by atoms with E-state index in [1.54, 1.807) is 0 Å². The van der Waals surface area contributed by atoms with Gasteiger partial charge in [0.2, 0.25) is 0 Å². The summed E-state index contributed by atoms with van der Waals surface area (Å²) in [6.07, 6.45) is 2.48. The Morgan fingerprint density at radius 1 is 1.22 bits per heavy atom. The first-order chi connectivity index (χ1) is 10.6. The van der Waals surface area contributed by atoms with Crippen LogP contribution in [0.5, 0.6) is 0 Å². The zero-order valence-electron chi connectivity index (χ0n) is 15.4. The van der Waals surface area contributed by atoms with Crippen molar-refractivity contribution in [2.45, 2.75) is 64.9 Å². The maximum Gasteiger partial charge on any atom is 0.192 e. The van der Waals surface area contributed by atoms with Crippen molar-refractivity contribution in [1.29, 1.82) is 0 Å². The van der Waals surface area contributed by atoms with Gasteiger partial charge in [0.25, 0.3) is 0 Å². The predicted octanol–water partition coefficient (Wildman–Crippen LogP) is 4.72. The average Bonchev–Trinajstić information content (AvgIpc) is 2.79. The van der Waals surface area contributed by atoms with Crippen LogP contribution in [0.15, 0.2) is 30.5 Å². The number of aromatic nitrogens is 1. The number of aryl methyl sites for hydroxylation is 2. The van der Waals surface area contributed by atoms with Crippen molar-refractivity contribution in [3.05, 3.63) is 36.0 Å². The second-order valence-corrected chi connectivity index (χ2v) is 12.8. The molecule has 0 saturated heterocycles. The highest BCUT2D eigenvalue weighted by atomic mass is 28.4. The lowest BCUT2D eigenvalue weighted by Gasteiger charge is -2.36. The average molecular weight is 334 g/mol. The number of nitrogens with zero attached hydrogens (tertiary/aromatic N) is 1. The first kappa shape index (κ1) is 18.2. The molecule has 23 heavy (non-hydrogen) atoms. The van der Waals surface area contributed by atoms with Gasteiger partial charge in [0, 0.05) is 23.6 Å². The van der Waals surface area contributed by atoms with Crippen molar-refractivity contribution in [1.82, 2.24) is 4.57 Å². The molecule has 4 heteroatoms. The number of rotatable bonds is 6. The van der Waals surface area contributed by atoms with Crippen LogP contribution in [0, 0.1) is 6.92 Å². The maximum absolute atomic E-state index is 10.3. The Bertz CT molecular complexity index is 655. The molecule has 0 unspecified atom stereocenters. The maximum atomic E-state index is 10.3. The fourth-order valence-corrected chi connectivity index (χ4v) is 3.55. The third kappa shape index (κ3) is 4.25. The van der Waals surface area contributed by atoms with Crippen LogP contribution in [0.1, 0.15) is 32.8 Å². The largest absolute Gasteiger partial charge is 0.414 e. The number of benzene rings is 1.